The fourth-order valence-corrected chi connectivity index (χ4v) is 2.02. The first-order valence-electron chi connectivity index (χ1n) is 5.42. The first-order valence-corrected chi connectivity index (χ1v) is 5.42. The molecule has 2 unspecified atom stereocenters. The van der Waals surface area contributed by atoms with Crippen LogP contribution in [0.4, 0.5) is 0 Å². The summed E-state index contributed by atoms with van der Waals surface area (Å²) in [5.74, 6) is -1.16. The summed E-state index contributed by atoms with van der Waals surface area (Å²) >= 11 is 0. The molecule has 0 aliphatic heterocycles. The fourth-order valence-electron chi connectivity index (χ4n) is 2.02. The van der Waals surface area contributed by atoms with Crippen LogP contribution in [-0.2, 0) is 16.1 Å². The Morgan fingerprint density at radius 1 is 1.47 bits per heavy atom. The molecule has 0 spiro atoms. The van der Waals surface area contributed by atoms with Gasteiger partial charge in [-0.1, -0.05) is 5.16 Å². The molecule has 1 aromatic heterocycles. The molecule has 2 atom stereocenters. The van der Waals surface area contributed by atoms with Crippen molar-refractivity contribution in [1.29, 1.82) is 0 Å². The third kappa shape index (κ3) is 2.80. The van der Waals surface area contributed by atoms with Crippen LogP contribution in [0.25, 0.3) is 0 Å². The summed E-state index contributed by atoms with van der Waals surface area (Å²) in [6.07, 6.45) is 2.79. The number of carboxylic acid groups (broad SMARTS) is 1. The number of rotatable bonds is 4. The normalized spacial score (nSPS) is 23.5. The molecule has 1 aliphatic carbocycles. The van der Waals surface area contributed by atoms with Gasteiger partial charge >= 0.3 is 5.97 Å². The van der Waals surface area contributed by atoms with E-state index in [9.17, 15) is 9.59 Å². The molecule has 1 amide bonds. The summed E-state index contributed by atoms with van der Waals surface area (Å²) in [6, 6.07) is 0. The van der Waals surface area contributed by atoms with Crippen molar-refractivity contribution in [1.82, 2.24) is 15.5 Å². The number of amides is 1. The van der Waals surface area contributed by atoms with Crippen LogP contribution in [0.2, 0.25) is 0 Å². The Morgan fingerprint density at radius 2 is 2.24 bits per heavy atom. The number of nitrogens with zero attached hydrogens (tertiary/aromatic N) is 2. The predicted molar refractivity (Wildman–Crippen MR) is 54.6 cm³/mol. The molecule has 1 fully saturated rings. The third-order valence-electron chi connectivity index (χ3n) is 2.98. The largest absolute Gasteiger partial charge is 0.481 e. The lowest BCUT2D eigenvalue weighted by atomic mass is 10.0. The summed E-state index contributed by atoms with van der Waals surface area (Å²) in [6.45, 7) is 0.212. The fraction of sp³-hybridized carbons (Fsp3) is 0.600. The van der Waals surface area contributed by atoms with Crippen molar-refractivity contribution in [3.05, 3.63) is 12.2 Å². The van der Waals surface area contributed by atoms with Crippen LogP contribution in [0, 0.1) is 11.8 Å². The second-order valence-electron chi connectivity index (χ2n) is 4.11. The van der Waals surface area contributed by atoms with E-state index in [4.69, 9.17) is 5.11 Å². The zero-order valence-corrected chi connectivity index (χ0v) is 9.13. The van der Waals surface area contributed by atoms with Crippen molar-refractivity contribution in [3.63, 3.8) is 0 Å². The van der Waals surface area contributed by atoms with E-state index < -0.39 is 11.9 Å². The molecule has 1 aromatic rings. The zero-order chi connectivity index (χ0) is 12.3. The standard InChI is InChI=1S/C10H13N3O4/c14-9(11-4-8-12-5-17-13-8)6-1-2-7(3-6)10(15)16/h5-7H,1-4H2,(H,11,14)(H,15,16). The molecular weight excluding hydrogens is 226 g/mol. The summed E-state index contributed by atoms with van der Waals surface area (Å²) < 4.78 is 4.53. The second-order valence-corrected chi connectivity index (χ2v) is 4.11. The Kier molecular flexibility index (Phi) is 3.36. The molecule has 1 aliphatic rings. The number of aliphatic carboxylic acids is 1. The highest BCUT2D eigenvalue weighted by Gasteiger charge is 2.33. The van der Waals surface area contributed by atoms with Crippen LogP contribution in [0.3, 0.4) is 0 Å². The van der Waals surface area contributed by atoms with Crippen molar-refractivity contribution in [2.24, 2.45) is 11.8 Å². The number of carbonyl (C=O) groups excluding carboxylic acids is 1. The van der Waals surface area contributed by atoms with Crippen LogP contribution < -0.4 is 5.32 Å². The van der Waals surface area contributed by atoms with Gasteiger partial charge < -0.3 is 14.9 Å². The van der Waals surface area contributed by atoms with E-state index in [1.807, 2.05) is 0 Å². The molecule has 7 heteroatoms. The number of carbonyl (C=O) groups is 2. The van der Waals surface area contributed by atoms with Gasteiger partial charge in [0.25, 0.3) is 0 Å². The smallest absolute Gasteiger partial charge is 0.306 e. The van der Waals surface area contributed by atoms with E-state index in [1.54, 1.807) is 0 Å². The number of hydrogen-bond acceptors (Lipinski definition) is 5. The molecule has 1 saturated carbocycles. The summed E-state index contributed by atoms with van der Waals surface area (Å²) in [5.41, 5.74) is 0. The van der Waals surface area contributed by atoms with Gasteiger partial charge in [0, 0.05) is 5.92 Å². The van der Waals surface area contributed by atoms with E-state index in [2.05, 4.69) is 20.0 Å². The lowest BCUT2D eigenvalue weighted by molar-refractivity contribution is -0.141. The zero-order valence-electron chi connectivity index (χ0n) is 9.13. The highest BCUT2D eigenvalue weighted by atomic mass is 16.5. The lowest BCUT2D eigenvalue weighted by Gasteiger charge is -2.08. The molecule has 7 nitrogen and oxygen atoms in total. The van der Waals surface area contributed by atoms with E-state index in [0.717, 1.165) is 0 Å². The second kappa shape index (κ2) is 4.94. The molecule has 1 heterocycles. The molecule has 92 valence electrons. The van der Waals surface area contributed by atoms with Gasteiger partial charge in [-0.15, -0.1) is 0 Å². The maximum atomic E-state index is 11.7. The first kappa shape index (κ1) is 11.6. The van der Waals surface area contributed by atoms with E-state index in [0.29, 0.717) is 25.1 Å². The Morgan fingerprint density at radius 3 is 2.82 bits per heavy atom. The third-order valence-corrected chi connectivity index (χ3v) is 2.98. The number of hydrogen-bond donors (Lipinski definition) is 2. The molecule has 2 rings (SSSR count). The topological polar surface area (TPSA) is 105 Å². The predicted octanol–water partition coefficient (Wildman–Crippen LogP) is 0.187. The van der Waals surface area contributed by atoms with E-state index in [-0.39, 0.29) is 18.4 Å². The average molecular weight is 239 g/mol. The molecular formula is C10H13N3O4. The first-order chi connectivity index (χ1) is 8.16. The summed E-state index contributed by atoms with van der Waals surface area (Å²) in [7, 11) is 0. The molecule has 17 heavy (non-hydrogen) atoms. The van der Waals surface area contributed by atoms with Gasteiger partial charge in [-0.05, 0) is 19.3 Å². The lowest BCUT2D eigenvalue weighted by Crippen LogP contribution is -2.29. The van der Waals surface area contributed by atoms with Gasteiger partial charge in [-0.3, -0.25) is 9.59 Å². The summed E-state index contributed by atoms with van der Waals surface area (Å²) in [4.78, 5) is 26.2. The quantitative estimate of drug-likeness (QED) is 0.776. The van der Waals surface area contributed by atoms with Crippen molar-refractivity contribution in [2.45, 2.75) is 25.8 Å². The molecule has 2 N–H and O–H groups in total. The minimum atomic E-state index is -0.821. The Balaban J connectivity index is 1.79. The van der Waals surface area contributed by atoms with Gasteiger partial charge in [0.15, 0.2) is 5.82 Å². The van der Waals surface area contributed by atoms with Crippen molar-refractivity contribution < 1.29 is 19.2 Å². The van der Waals surface area contributed by atoms with E-state index in [1.165, 1.54) is 6.39 Å². The SMILES string of the molecule is O=C(O)C1CCC(C(=O)NCc2ncon2)C1. The average Bonchev–Trinajstić information content (AvgIpc) is 2.96. The van der Waals surface area contributed by atoms with Gasteiger partial charge in [-0.2, -0.15) is 4.98 Å². The molecule has 0 radical (unpaired) electrons. The minimum absolute atomic E-state index is 0.140. The van der Waals surface area contributed by atoms with Gasteiger partial charge in [0.05, 0.1) is 12.5 Å². The number of carboxylic acids is 1. The Bertz CT molecular complexity index is 404. The maximum Gasteiger partial charge on any atom is 0.306 e. The van der Waals surface area contributed by atoms with Crippen LogP contribution >= 0.6 is 0 Å². The molecule has 0 aromatic carbocycles. The van der Waals surface area contributed by atoms with Crippen molar-refractivity contribution in [2.75, 3.05) is 0 Å². The maximum absolute atomic E-state index is 11.7. The highest BCUT2D eigenvalue weighted by molar-refractivity contribution is 5.80. The highest BCUT2D eigenvalue weighted by Crippen LogP contribution is 2.31. The van der Waals surface area contributed by atoms with Gasteiger partial charge in [0.1, 0.15) is 0 Å². The molecule has 0 saturated heterocycles. The number of nitrogens with one attached hydrogen (secondary N) is 1. The minimum Gasteiger partial charge on any atom is -0.481 e. The van der Waals surface area contributed by atoms with Crippen LogP contribution in [0.1, 0.15) is 25.1 Å². The Hall–Kier alpha value is -1.92. The van der Waals surface area contributed by atoms with Gasteiger partial charge in [0.2, 0.25) is 12.3 Å². The van der Waals surface area contributed by atoms with Crippen LogP contribution in [-0.4, -0.2) is 27.1 Å². The van der Waals surface area contributed by atoms with Crippen molar-refractivity contribution in [3.8, 4) is 0 Å². The van der Waals surface area contributed by atoms with Crippen LogP contribution in [0.15, 0.2) is 10.9 Å². The van der Waals surface area contributed by atoms with Crippen molar-refractivity contribution >= 4 is 11.9 Å². The Labute approximate surface area is 97.2 Å². The van der Waals surface area contributed by atoms with E-state index >= 15 is 0 Å². The monoisotopic (exact) mass is 239 g/mol. The van der Waals surface area contributed by atoms with Crippen LogP contribution in [0.5, 0.6) is 0 Å². The summed E-state index contributed by atoms with van der Waals surface area (Å²) in [5, 5.41) is 15.1. The van der Waals surface area contributed by atoms with Gasteiger partial charge in [-0.25, -0.2) is 0 Å². The molecule has 0 bridgehead atoms. The number of aromatic nitrogens is 2.